The summed E-state index contributed by atoms with van der Waals surface area (Å²) in [5, 5.41) is 10.3. The summed E-state index contributed by atoms with van der Waals surface area (Å²) in [6, 6.07) is 6.01. The van der Waals surface area contributed by atoms with E-state index < -0.39 is 6.10 Å². The van der Waals surface area contributed by atoms with Crippen LogP contribution in [0.4, 0.5) is 4.39 Å². The zero-order chi connectivity index (χ0) is 27.8. The molecule has 0 bridgehead atoms. The van der Waals surface area contributed by atoms with E-state index in [1.54, 1.807) is 30.0 Å². The number of ether oxygens (including phenoxy) is 2. The highest BCUT2D eigenvalue weighted by Gasteiger charge is 2.28. The van der Waals surface area contributed by atoms with Crippen LogP contribution in [0.2, 0.25) is 0 Å². The van der Waals surface area contributed by atoms with E-state index in [0.29, 0.717) is 32.2 Å². The zero-order valence-electron chi connectivity index (χ0n) is 22.5. The van der Waals surface area contributed by atoms with Gasteiger partial charge in [-0.3, -0.25) is 19.3 Å². The van der Waals surface area contributed by atoms with Gasteiger partial charge in [-0.1, -0.05) is 38.1 Å². The van der Waals surface area contributed by atoms with Gasteiger partial charge < -0.3 is 19.5 Å². The summed E-state index contributed by atoms with van der Waals surface area (Å²) in [6.45, 7) is 6.45. The molecule has 212 valence electrons. The van der Waals surface area contributed by atoms with Gasteiger partial charge in [0.2, 0.25) is 5.91 Å². The van der Waals surface area contributed by atoms with Crippen LogP contribution < -0.4 is 0 Å². The Bertz CT molecular complexity index is 894. The Morgan fingerprint density at radius 3 is 2.53 bits per heavy atom. The van der Waals surface area contributed by atoms with E-state index in [9.17, 15) is 23.9 Å². The van der Waals surface area contributed by atoms with Crippen molar-refractivity contribution in [3.63, 3.8) is 0 Å². The molecule has 1 saturated heterocycles. The third-order valence-corrected chi connectivity index (χ3v) is 7.34. The van der Waals surface area contributed by atoms with E-state index in [2.05, 4.69) is 0 Å². The second-order valence-corrected chi connectivity index (χ2v) is 10.3. The molecule has 1 aromatic carbocycles. The summed E-state index contributed by atoms with van der Waals surface area (Å²) in [5.74, 6) is 0.687. The molecule has 8 nitrogen and oxygen atoms in total. The summed E-state index contributed by atoms with van der Waals surface area (Å²) in [6.07, 6.45) is 5.46. The molecule has 0 aromatic heterocycles. The van der Waals surface area contributed by atoms with Crippen molar-refractivity contribution in [2.75, 3.05) is 50.9 Å². The van der Waals surface area contributed by atoms with Crippen molar-refractivity contribution in [2.24, 2.45) is 0 Å². The molecule has 0 spiro atoms. The fourth-order valence-electron chi connectivity index (χ4n) is 4.08. The highest BCUT2D eigenvalue weighted by atomic mass is 32.2. The van der Waals surface area contributed by atoms with Crippen LogP contribution in [-0.2, 0) is 30.3 Å². The molecule has 1 N–H and O–H groups in total. The molecular formula is C28H41FN2O6S. The monoisotopic (exact) mass is 552 g/mol. The molecule has 1 fully saturated rings. The number of aliphatic hydroxyl groups excluding tert-OH is 1. The fraction of sp³-hybridized carbons (Fsp3) is 0.607. The van der Waals surface area contributed by atoms with Gasteiger partial charge in [0.25, 0.3) is 0 Å². The molecule has 0 aliphatic carbocycles. The molecule has 38 heavy (non-hydrogen) atoms. The lowest BCUT2D eigenvalue weighted by atomic mass is 10.1. The average molecular weight is 553 g/mol. The van der Waals surface area contributed by atoms with Gasteiger partial charge in [-0.2, -0.15) is 11.8 Å². The number of thioether (sulfide) groups is 1. The number of hydrogen-bond donors (Lipinski definition) is 1. The molecule has 1 amide bonds. The first-order valence-electron chi connectivity index (χ1n) is 13.3. The minimum absolute atomic E-state index is 0.0398. The van der Waals surface area contributed by atoms with Gasteiger partial charge in [-0.15, -0.1) is 0 Å². The largest absolute Gasteiger partial charge is 0.462 e. The summed E-state index contributed by atoms with van der Waals surface area (Å²) in [4.78, 5) is 39.7. The van der Waals surface area contributed by atoms with Crippen LogP contribution in [-0.4, -0.2) is 95.8 Å². The standard InChI is InChI=1S/C28H41FN2O6S/c1-3-30(4-2)21-28(35)37-17-16-36-27(34)6-5-18-38-19-15-31-24(12-14-26(31)33)11-13-25(32)20-22-7-9-23(29)10-8-22/h7-11,13,24-25,32H,3-6,12,14-21H2,1-2H3/b13-11+/t24-,25+/m0/s1. The van der Waals surface area contributed by atoms with Gasteiger partial charge in [-0.05, 0) is 49.4 Å². The van der Waals surface area contributed by atoms with Crippen molar-refractivity contribution in [1.29, 1.82) is 0 Å². The van der Waals surface area contributed by atoms with Gasteiger partial charge in [0.05, 0.1) is 18.7 Å². The van der Waals surface area contributed by atoms with Crippen LogP contribution in [0.15, 0.2) is 36.4 Å². The van der Waals surface area contributed by atoms with Crippen molar-refractivity contribution in [2.45, 2.75) is 58.1 Å². The number of rotatable bonds is 18. The van der Waals surface area contributed by atoms with Crippen LogP contribution in [0.3, 0.4) is 0 Å². The Hall–Kier alpha value is -2.43. The van der Waals surface area contributed by atoms with Gasteiger partial charge in [0.1, 0.15) is 19.0 Å². The van der Waals surface area contributed by atoms with Gasteiger partial charge >= 0.3 is 11.9 Å². The van der Waals surface area contributed by atoms with Gasteiger partial charge in [-0.25, -0.2) is 4.39 Å². The number of likely N-dealkylation sites (N-methyl/N-ethyl adjacent to an activating group) is 1. The van der Waals surface area contributed by atoms with Crippen LogP contribution in [0.1, 0.15) is 45.1 Å². The molecule has 1 heterocycles. The van der Waals surface area contributed by atoms with E-state index >= 15 is 0 Å². The lowest BCUT2D eigenvalue weighted by Crippen LogP contribution is -2.34. The molecule has 2 atom stereocenters. The Kier molecular flexibility index (Phi) is 15.0. The second kappa shape index (κ2) is 18.0. The van der Waals surface area contributed by atoms with Crippen molar-refractivity contribution in [3.05, 3.63) is 47.8 Å². The Balaban J connectivity index is 1.56. The molecular weight excluding hydrogens is 511 g/mol. The number of likely N-dealkylation sites (tertiary alicyclic amines) is 1. The van der Waals surface area contributed by atoms with E-state index in [1.807, 2.05) is 29.7 Å². The highest BCUT2D eigenvalue weighted by molar-refractivity contribution is 7.99. The number of hydrogen-bond acceptors (Lipinski definition) is 8. The van der Waals surface area contributed by atoms with Gasteiger partial charge in [0, 0.05) is 31.6 Å². The lowest BCUT2D eigenvalue weighted by molar-refractivity contribution is -0.152. The maximum Gasteiger partial charge on any atom is 0.320 e. The molecule has 0 unspecified atom stereocenters. The van der Waals surface area contributed by atoms with Crippen LogP contribution in [0.25, 0.3) is 0 Å². The fourth-order valence-corrected chi connectivity index (χ4v) is 4.95. The van der Waals surface area contributed by atoms with Crippen molar-refractivity contribution in [1.82, 2.24) is 9.80 Å². The summed E-state index contributed by atoms with van der Waals surface area (Å²) in [7, 11) is 0. The first kappa shape index (κ1) is 31.8. The second-order valence-electron chi connectivity index (χ2n) is 9.09. The van der Waals surface area contributed by atoms with Crippen LogP contribution >= 0.6 is 11.8 Å². The zero-order valence-corrected chi connectivity index (χ0v) is 23.3. The summed E-state index contributed by atoms with van der Waals surface area (Å²) in [5.41, 5.74) is 0.845. The van der Waals surface area contributed by atoms with E-state index in [1.165, 1.54) is 12.1 Å². The number of carbonyl (C=O) groups excluding carboxylic acids is 3. The first-order valence-corrected chi connectivity index (χ1v) is 14.5. The van der Waals surface area contributed by atoms with Crippen molar-refractivity contribution >= 4 is 29.6 Å². The van der Waals surface area contributed by atoms with Crippen molar-refractivity contribution in [3.8, 4) is 0 Å². The Morgan fingerprint density at radius 1 is 1.16 bits per heavy atom. The first-order chi connectivity index (χ1) is 18.3. The van der Waals surface area contributed by atoms with E-state index in [0.717, 1.165) is 36.6 Å². The van der Waals surface area contributed by atoms with Crippen LogP contribution in [0.5, 0.6) is 0 Å². The summed E-state index contributed by atoms with van der Waals surface area (Å²) >= 11 is 1.68. The maximum absolute atomic E-state index is 13.0. The Labute approximate surface area is 229 Å². The number of aliphatic hydroxyl groups is 1. The quantitative estimate of drug-likeness (QED) is 0.169. The van der Waals surface area contributed by atoms with Gasteiger partial charge in [0.15, 0.2) is 0 Å². The minimum atomic E-state index is -0.702. The third kappa shape index (κ3) is 12.4. The average Bonchev–Trinajstić information content (AvgIpc) is 3.26. The molecule has 1 aromatic rings. The highest BCUT2D eigenvalue weighted by Crippen LogP contribution is 2.21. The predicted octanol–water partition coefficient (Wildman–Crippen LogP) is 3.22. The number of esters is 2. The molecule has 0 radical (unpaired) electrons. The van der Waals surface area contributed by atoms with Crippen molar-refractivity contribution < 1.29 is 33.4 Å². The smallest absolute Gasteiger partial charge is 0.320 e. The van der Waals surface area contributed by atoms with E-state index in [-0.39, 0.29) is 49.5 Å². The lowest BCUT2D eigenvalue weighted by Gasteiger charge is -2.22. The van der Waals surface area contributed by atoms with Crippen LogP contribution in [0, 0.1) is 5.82 Å². The topological polar surface area (TPSA) is 96.4 Å². The SMILES string of the molecule is CCN(CC)CC(=O)OCCOC(=O)CCCSCCN1C(=O)CC[C@@H]1/C=C/[C@@H](O)Cc1ccc(F)cc1. The number of benzene rings is 1. The molecule has 1 aliphatic heterocycles. The number of nitrogens with zero attached hydrogens (tertiary/aromatic N) is 2. The number of carbonyl (C=O) groups is 3. The third-order valence-electron chi connectivity index (χ3n) is 6.29. The molecule has 10 heteroatoms. The molecule has 1 aliphatic rings. The Morgan fingerprint density at radius 2 is 1.84 bits per heavy atom. The minimum Gasteiger partial charge on any atom is -0.462 e. The number of amides is 1. The molecule has 0 saturated carbocycles. The van der Waals surface area contributed by atoms with E-state index in [4.69, 9.17) is 9.47 Å². The number of halogens is 1. The summed E-state index contributed by atoms with van der Waals surface area (Å²) < 4.78 is 23.2. The molecule has 2 rings (SSSR count). The normalized spacial score (nSPS) is 16.4. The predicted molar refractivity (Wildman–Crippen MR) is 146 cm³/mol. The maximum atomic E-state index is 13.0.